The van der Waals surface area contributed by atoms with Gasteiger partial charge in [0.1, 0.15) is 0 Å². The third kappa shape index (κ3) is 3.70. The summed E-state index contributed by atoms with van der Waals surface area (Å²) in [5.74, 6) is -0.461. The lowest BCUT2D eigenvalue weighted by molar-refractivity contribution is 0.0936. The lowest BCUT2D eigenvalue weighted by Crippen LogP contribution is -2.38. The molecule has 2 rings (SSSR count). The Labute approximate surface area is 110 Å². The number of hydrogen-bond acceptors (Lipinski definition) is 3. The highest BCUT2D eigenvalue weighted by Crippen LogP contribution is 2.02. The maximum atomic E-state index is 11.5. The van der Waals surface area contributed by atoms with Gasteiger partial charge in [-0.05, 0) is 24.6 Å². The molecule has 2 N–H and O–H groups in total. The first-order valence-corrected chi connectivity index (χ1v) is 5.83. The molecule has 1 heterocycles. The van der Waals surface area contributed by atoms with E-state index in [-0.39, 0.29) is 5.76 Å². The molecule has 5 heteroatoms. The second-order valence-corrected chi connectivity index (χ2v) is 4.10. The zero-order valence-electron chi connectivity index (χ0n) is 10.5. The van der Waals surface area contributed by atoms with Crippen LogP contribution in [0.1, 0.15) is 21.7 Å². The van der Waals surface area contributed by atoms with Crippen molar-refractivity contribution in [2.75, 3.05) is 0 Å². The summed E-state index contributed by atoms with van der Waals surface area (Å²) in [4.78, 5) is 23.0. The highest BCUT2D eigenvalue weighted by atomic mass is 16.3. The molecule has 0 aliphatic heterocycles. The molecule has 19 heavy (non-hydrogen) atoms. The van der Waals surface area contributed by atoms with Gasteiger partial charge in [0.2, 0.25) is 0 Å². The van der Waals surface area contributed by atoms with E-state index in [1.807, 2.05) is 31.2 Å². The SMILES string of the molecule is Cc1ccc(CNC(=O)NC(=O)c2ccco2)cc1. The van der Waals surface area contributed by atoms with E-state index >= 15 is 0 Å². The van der Waals surface area contributed by atoms with Crippen LogP contribution in [0.5, 0.6) is 0 Å². The van der Waals surface area contributed by atoms with Gasteiger partial charge < -0.3 is 9.73 Å². The number of nitrogens with one attached hydrogen (secondary N) is 2. The lowest BCUT2D eigenvalue weighted by atomic mass is 10.1. The Balaban J connectivity index is 1.82. The molecular formula is C14H14N2O3. The number of carbonyl (C=O) groups is 2. The smallest absolute Gasteiger partial charge is 0.322 e. The third-order valence-electron chi connectivity index (χ3n) is 2.55. The van der Waals surface area contributed by atoms with Gasteiger partial charge in [-0.3, -0.25) is 10.1 Å². The summed E-state index contributed by atoms with van der Waals surface area (Å²) in [5.41, 5.74) is 2.12. The topological polar surface area (TPSA) is 71.3 Å². The molecule has 0 atom stereocenters. The second-order valence-electron chi connectivity index (χ2n) is 4.10. The van der Waals surface area contributed by atoms with Crippen LogP contribution in [0.2, 0.25) is 0 Å². The fourth-order valence-electron chi connectivity index (χ4n) is 1.50. The molecule has 0 saturated heterocycles. The van der Waals surface area contributed by atoms with Crippen LogP contribution in [0.3, 0.4) is 0 Å². The van der Waals surface area contributed by atoms with E-state index in [1.54, 1.807) is 6.07 Å². The van der Waals surface area contributed by atoms with Gasteiger partial charge in [0.05, 0.1) is 6.26 Å². The highest BCUT2D eigenvalue weighted by Gasteiger charge is 2.11. The molecule has 2 aromatic rings. The van der Waals surface area contributed by atoms with E-state index in [0.29, 0.717) is 6.54 Å². The van der Waals surface area contributed by atoms with Crippen LogP contribution >= 0.6 is 0 Å². The molecule has 98 valence electrons. The standard InChI is InChI=1S/C14H14N2O3/c1-10-4-6-11(7-5-10)9-15-14(18)16-13(17)12-3-2-8-19-12/h2-8H,9H2,1H3,(H2,15,16,17,18). The predicted octanol–water partition coefficient (Wildman–Crippen LogP) is 2.23. The van der Waals surface area contributed by atoms with Gasteiger partial charge in [-0.15, -0.1) is 0 Å². The van der Waals surface area contributed by atoms with Crippen LogP contribution in [0.15, 0.2) is 47.1 Å². The lowest BCUT2D eigenvalue weighted by Gasteiger charge is -2.06. The van der Waals surface area contributed by atoms with E-state index in [0.717, 1.165) is 11.1 Å². The Morgan fingerprint density at radius 3 is 2.53 bits per heavy atom. The maximum absolute atomic E-state index is 11.5. The fourth-order valence-corrected chi connectivity index (χ4v) is 1.50. The molecule has 0 saturated carbocycles. The Morgan fingerprint density at radius 2 is 1.89 bits per heavy atom. The van der Waals surface area contributed by atoms with Crippen molar-refractivity contribution in [1.82, 2.24) is 10.6 Å². The van der Waals surface area contributed by atoms with Gasteiger partial charge in [-0.1, -0.05) is 29.8 Å². The zero-order chi connectivity index (χ0) is 13.7. The number of amides is 3. The van der Waals surface area contributed by atoms with Crippen LogP contribution < -0.4 is 10.6 Å². The Kier molecular flexibility index (Phi) is 3.97. The molecule has 0 radical (unpaired) electrons. The van der Waals surface area contributed by atoms with Crippen LogP contribution in [0, 0.1) is 6.92 Å². The number of hydrogen-bond donors (Lipinski definition) is 2. The molecule has 1 aromatic carbocycles. The van der Waals surface area contributed by atoms with Gasteiger partial charge in [0, 0.05) is 6.54 Å². The number of benzene rings is 1. The largest absolute Gasteiger partial charge is 0.459 e. The normalized spacial score (nSPS) is 9.95. The van der Waals surface area contributed by atoms with Crippen molar-refractivity contribution >= 4 is 11.9 Å². The first kappa shape index (κ1) is 12.9. The van der Waals surface area contributed by atoms with Gasteiger partial charge in [0.15, 0.2) is 5.76 Å². The zero-order valence-corrected chi connectivity index (χ0v) is 10.5. The minimum Gasteiger partial charge on any atom is -0.459 e. The predicted molar refractivity (Wildman–Crippen MR) is 69.6 cm³/mol. The summed E-state index contributed by atoms with van der Waals surface area (Å²) >= 11 is 0. The van der Waals surface area contributed by atoms with Gasteiger partial charge in [-0.25, -0.2) is 4.79 Å². The van der Waals surface area contributed by atoms with E-state index in [9.17, 15) is 9.59 Å². The molecule has 0 aliphatic rings. The summed E-state index contributed by atoms with van der Waals surface area (Å²) in [5, 5.41) is 4.78. The van der Waals surface area contributed by atoms with E-state index in [1.165, 1.54) is 12.3 Å². The van der Waals surface area contributed by atoms with Gasteiger partial charge >= 0.3 is 6.03 Å². The summed E-state index contributed by atoms with van der Waals surface area (Å²) in [6.45, 7) is 2.35. The van der Waals surface area contributed by atoms with E-state index in [2.05, 4.69) is 10.6 Å². The van der Waals surface area contributed by atoms with Crippen molar-refractivity contribution in [1.29, 1.82) is 0 Å². The maximum Gasteiger partial charge on any atom is 0.322 e. The molecule has 0 bridgehead atoms. The first-order chi connectivity index (χ1) is 9.15. The molecule has 1 aromatic heterocycles. The third-order valence-corrected chi connectivity index (χ3v) is 2.55. The Morgan fingerprint density at radius 1 is 1.16 bits per heavy atom. The fraction of sp³-hybridized carbons (Fsp3) is 0.143. The molecule has 5 nitrogen and oxygen atoms in total. The van der Waals surface area contributed by atoms with Crippen molar-refractivity contribution in [3.05, 3.63) is 59.5 Å². The van der Waals surface area contributed by atoms with Crippen molar-refractivity contribution in [3.63, 3.8) is 0 Å². The molecule has 3 amide bonds. The highest BCUT2D eigenvalue weighted by molar-refractivity contribution is 6.02. The van der Waals surface area contributed by atoms with Crippen molar-refractivity contribution < 1.29 is 14.0 Å². The minimum atomic E-state index is -0.564. The quantitative estimate of drug-likeness (QED) is 0.886. The molecule has 0 unspecified atom stereocenters. The van der Waals surface area contributed by atoms with Crippen LogP contribution in [-0.4, -0.2) is 11.9 Å². The summed E-state index contributed by atoms with van der Waals surface area (Å²) in [7, 11) is 0. The average molecular weight is 258 g/mol. The van der Waals surface area contributed by atoms with E-state index < -0.39 is 11.9 Å². The number of furan rings is 1. The summed E-state index contributed by atoms with van der Waals surface area (Å²) < 4.78 is 4.88. The van der Waals surface area contributed by atoms with Crippen molar-refractivity contribution in [3.8, 4) is 0 Å². The van der Waals surface area contributed by atoms with Crippen LogP contribution in [0.25, 0.3) is 0 Å². The average Bonchev–Trinajstić information content (AvgIpc) is 2.92. The number of imide groups is 1. The van der Waals surface area contributed by atoms with Crippen LogP contribution in [-0.2, 0) is 6.54 Å². The molecular weight excluding hydrogens is 244 g/mol. The molecule has 0 aliphatic carbocycles. The summed E-state index contributed by atoms with van der Waals surface area (Å²) in [6.07, 6.45) is 1.37. The van der Waals surface area contributed by atoms with Crippen molar-refractivity contribution in [2.24, 2.45) is 0 Å². The number of aryl methyl sites for hydroxylation is 1. The molecule has 0 fully saturated rings. The summed E-state index contributed by atoms with van der Waals surface area (Å²) in [6, 6.07) is 10.3. The molecule has 0 spiro atoms. The second kappa shape index (κ2) is 5.86. The van der Waals surface area contributed by atoms with Crippen LogP contribution in [0.4, 0.5) is 4.79 Å². The number of rotatable bonds is 3. The van der Waals surface area contributed by atoms with Gasteiger partial charge in [-0.2, -0.15) is 0 Å². The minimum absolute atomic E-state index is 0.102. The van der Waals surface area contributed by atoms with E-state index in [4.69, 9.17) is 4.42 Å². The van der Waals surface area contributed by atoms with Gasteiger partial charge in [0.25, 0.3) is 5.91 Å². The Hall–Kier alpha value is -2.56. The first-order valence-electron chi connectivity index (χ1n) is 5.83. The number of carbonyl (C=O) groups excluding carboxylic acids is 2. The Bertz CT molecular complexity index is 559. The number of urea groups is 1. The van der Waals surface area contributed by atoms with Crippen molar-refractivity contribution in [2.45, 2.75) is 13.5 Å². The monoisotopic (exact) mass is 258 g/mol.